The van der Waals surface area contributed by atoms with Crippen LogP contribution in [0.3, 0.4) is 0 Å². The van der Waals surface area contributed by atoms with E-state index >= 15 is 0 Å². The highest BCUT2D eigenvalue weighted by atomic mass is 16.5. The molecule has 0 radical (unpaired) electrons. The Balaban J connectivity index is 1.77. The van der Waals surface area contributed by atoms with Gasteiger partial charge in [-0.15, -0.1) is 0 Å². The Kier molecular flexibility index (Phi) is 4.53. The van der Waals surface area contributed by atoms with Gasteiger partial charge in [-0.25, -0.2) is 4.99 Å². The predicted octanol–water partition coefficient (Wildman–Crippen LogP) is 6.96. The van der Waals surface area contributed by atoms with Crippen molar-refractivity contribution in [2.45, 2.75) is 34.6 Å². The second-order valence-electron chi connectivity index (χ2n) is 8.19. The first-order valence-corrected chi connectivity index (χ1v) is 10.6. The minimum Gasteiger partial charge on any atom is -0.452 e. The first-order valence-electron chi connectivity index (χ1n) is 10.6. The third-order valence-electron chi connectivity index (χ3n) is 6.31. The molecule has 0 bridgehead atoms. The number of hydrogen-bond acceptors (Lipinski definition) is 4. The number of nitriles is 1. The van der Waals surface area contributed by atoms with Crippen LogP contribution in [0.15, 0.2) is 68.7 Å². The summed E-state index contributed by atoms with van der Waals surface area (Å²) in [4.78, 5) is 8.17. The first-order chi connectivity index (χ1) is 15.4. The molecule has 5 rings (SSSR count). The number of nitrogens with one attached hydrogen (secondary N) is 1. The van der Waals surface area contributed by atoms with E-state index in [2.05, 4.69) is 18.0 Å². The summed E-state index contributed by atoms with van der Waals surface area (Å²) in [5.41, 5.74) is 8.44. The molecule has 0 unspecified atom stereocenters. The van der Waals surface area contributed by atoms with E-state index in [1.165, 1.54) is 0 Å². The van der Waals surface area contributed by atoms with E-state index in [1.54, 1.807) is 0 Å². The number of aromatic amines is 1. The lowest BCUT2D eigenvalue weighted by Crippen LogP contribution is -2.02. The van der Waals surface area contributed by atoms with Gasteiger partial charge in [-0.05, 0) is 63.5 Å². The Hall–Kier alpha value is -4.04. The number of aryl methyl sites for hydroxylation is 1. The van der Waals surface area contributed by atoms with E-state index in [0.717, 1.165) is 55.9 Å². The molecule has 2 aromatic heterocycles. The molecular formula is C27H23N3O2. The van der Waals surface area contributed by atoms with Crippen LogP contribution in [0.5, 0.6) is 5.75 Å². The number of para-hydroxylation sites is 2. The number of rotatable bonds is 3. The van der Waals surface area contributed by atoms with Crippen molar-refractivity contribution in [2.24, 2.45) is 4.99 Å². The molecule has 0 fully saturated rings. The summed E-state index contributed by atoms with van der Waals surface area (Å²) in [6.07, 6.45) is 0. The number of furan rings is 1. The topological polar surface area (TPSA) is 74.3 Å². The molecule has 158 valence electrons. The van der Waals surface area contributed by atoms with E-state index in [9.17, 15) is 5.26 Å². The second kappa shape index (κ2) is 7.28. The molecule has 0 aliphatic carbocycles. The second-order valence-corrected chi connectivity index (χ2v) is 8.19. The maximum absolute atomic E-state index is 9.63. The van der Waals surface area contributed by atoms with Crippen LogP contribution in [-0.2, 0) is 0 Å². The van der Waals surface area contributed by atoms with Gasteiger partial charge in [0.1, 0.15) is 17.3 Å². The summed E-state index contributed by atoms with van der Waals surface area (Å²) < 4.78 is 12.8. The van der Waals surface area contributed by atoms with Gasteiger partial charge in [-0.2, -0.15) is 5.26 Å². The van der Waals surface area contributed by atoms with Crippen LogP contribution < -0.4 is 4.74 Å². The smallest absolute Gasteiger partial charge is 0.177 e. The standard InChI is InChI=1S/C27H23N3O2/c1-14-15(2)24(29-17(14)4)27(25-16(3)21(13-28)18(5)30-25)32-23-12-8-10-20-19-9-6-7-11-22(19)31-26(20)23/h6-12,30H,1-5H3. The van der Waals surface area contributed by atoms with E-state index in [0.29, 0.717) is 22.7 Å². The Labute approximate surface area is 186 Å². The Bertz CT molecular complexity index is 1550. The van der Waals surface area contributed by atoms with Gasteiger partial charge in [0.25, 0.3) is 0 Å². The Morgan fingerprint density at radius 2 is 1.72 bits per heavy atom. The van der Waals surface area contributed by atoms with Crippen molar-refractivity contribution >= 4 is 33.4 Å². The third-order valence-corrected chi connectivity index (χ3v) is 6.31. The van der Waals surface area contributed by atoms with Gasteiger partial charge in [0.05, 0.1) is 11.3 Å². The monoisotopic (exact) mass is 421 g/mol. The zero-order chi connectivity index (χ0) is 22.6. The predicted molar refractivity (Wildman–Crippen MR) is 128 cm³/mol. The molecule has 2 aromatic carbocycles. The molecule has 1 aliphatic rings. The molecule has 4 aromatic rings. The van der Waals surface area contributed by atoms with E-state index in [4.69, 9.17) is 14.1 Å². The molecule has 5 heteroatoms. The highest BCUT2D eigenvalue weighted by Gasteiger charge is 2.26. The summed E-state index contributed by atoms with van der Waals surface area (Å²) in [5, 5.41) is 11.7. The summed E-state index contributed by atoms with van der Waals surface area (Å²) in [6.45, 7) is 9.93. The van der Waals surface area contributed by atoms with Crippen LogP contribution in [0.25, 0.3) is 27.7 Å². The van der Waals surface area contributed by atoms with Gasteiger partial charge in [0.15, 0.2) is 17.1 Å². The van der Waals surface area contributed by atoms with Crippen LogP contribution in [0.1, 0.15) is 43.3 Å². The van der Waals surface area contributed by atoms with Crippen LogP contribution in [0.4, 0.5) is 0 Å². The number of fused-ring (bicyclic) bond motifs is 3. The van der Waals surface area contributed by atoms with Crippen LogP contribution in [0, 0.1) is 25.2 Å². The summed E-state index contributed by atoms with van der Waals surface area (Å²) >= 11 is 0. The number of ether oxygens (including phenoxy) is 1. The molecule has 0 atom stereocenters. The Morgan fingerprint density at radius 1 is 0.969 bits per heavy atom. The fourth-order valence-corrected chi connectivity index (χ4v) is 4.28. The largest absolute Gasteiger partial charge is 0.452 e. The summed E-state index contributed by atoms with van der Waals surface area (Å²) in [6, 6.07) is 16.2. The average Bonchev–Trinajstić information content (AvgIpc) is 3.39. The number of hydrogen-bond donors (Lipinski definition) is 1. The maximum Gasteiger partial charge on any atom is 0.177 e. The summed E-state index contributed by atoms with van der Waals surface area (Å²) in [7, 11) is 0. The van der Waals surface area contributed by atoms with Crippen molar-refractivity contribution in [1.29, 1.82) is 5.26 Å². The molecule has 0 amide bonds. The molecule has 32 heavy (non-hydrogen) atoms. The van der Waals surface area contributed by atoms with Crippen molar-refractivity contribution in [3.63, 3.8) is 0 Å². The van der Waals surface area contributed by atoms with Crippen LogP contribution in [-0.4, -0.2) is 10.7 Å². The zero-order valence-electron chi connectivity index (χ0n) is 18.8. The first kappa shape index (κ1) is 19.9. The number of H-pyrrole nitrogens is 1. The van der Waals surface area contributed by atoms with E-state index < -0.39 is 0 Å². The average molecular weight is 422 g/mol. The van der Waals surface area contributed by atoms with E-state index in [1.807, 2.05) is 70.2 Å². The number of allylic oxidation sites excluding steroid dienone is 2. The van der Waals surface area contributed by atoms with Crippen molar-refractivity contribution in [3.8, 4) is 11.8 Å². The number of benzene rings is 2. The van der Waals surface area contributed by atoms with Crippen molar-refractivity contribution in [3.05, 3.63) is 81.8 Å². The van der Waals surface area contributed by atoms with Crippen molar-refractivity contribution in [1.82, 2.24) is 4.98 Å². The molecule has 0 saturated heterocycles. The minimum atomic E-state index is 0.591. The van der Waals surface area contributed by atoms with Crippen LogP contribution in [0.2, 0.25) is 0 Å². The highest BCUT2D eigenvalue weighted by Crippen LogP contribution is 2.39. The molecule has 3 heterocycles. The van der Waals surface area contributed by atoms with Gasteiger partial charge in [-0.1, -0.05) is 30.3 Å². The molecule has 1 N–H and O–H groups in total. The van der Waals surface area contributed by atoms with Crippen molar-refractivity contribution in [2.75, 3.05) is 0 Å². The van der Waals surface area contributed by atoms with Gasteiger partial charge >= 0.3 is 0 Å². The third kappa shape index (κ3) is 2.88. The molecule has 5 nitrogen and oxygen atoms in total. The number of nitrogens with zero attached hydrogens (tertiary/aromatic N) is 2. The fourth-order valence-electron chi connectivity index (χ4n) is 4.28. The molecular weight excluding hydrogens is 398 g/mol. The SMILES string of the molecule is CC1=NC(=C(Oc2cccc3c2oc2ccccc23)c2[nH]c(C)c(C#N)c2C)C(C)=C1C. The maximum atomic E-state index is 9.63. The van der Waals surface area contributed by atoms with E-state index in [-0.39, 0.29) is 0 Å². The lowest BCUT2D eigenvalue weighted by Gasteiger charge is -2.13. The Morgan fingerprint density at radius 3 is 2.41 bits per heavy atom. The van der Waals surface area contributed by atoms with Gasteiger partial charge in [0.2, 0.25) is 0 Å². The molecule has 0 spiro atoms. The van der Waals surface area contributed by atoms with Gasteiger partial charge in [-0.3, -0.25) is 0 Å². The summed E-state index contributed by atoms with van der Waals surface area (Å²) in [5.74, 6) is 1.20. The number of aromatic nitrogens is 1. The van der Waals surface area contributed by atoms with Gasteiger partial charge in [0, 0.05) is 22.2 Å². The quantitative estimate of drug-likeness (QED) is 0.363. The lowest BCUT2D eigenvalue weighted by atomic mass is 10.1. The highest BCUT2D eigenvalue weighted by molar-refractivity contribution is 6.07. The lowest BCUT2D eigenvalue weighted by molar-refractivity contribution is 0.499. The normalized spacial score (nSPS) is 15.4. The fraction of sp³-hybridized carbons (Fsp3) is 0.185. The van der Waals surface area contributed by atoms with Crippen LogP contribution >= 0.6 is 0 Å². The van der Waals surface area contributed by atoms with Gasteiger partial charge < -0.3 is 14.1 Å². The minimum absolute atomic E-state index is 0.591. The molecule has 1 aliphatic heterocycles. The molecule has 0 saturated carbocycles. The zero-order valence-corrected chi connectivity index (χ0v) is 18.8. The van der Waals surface area contributed by atoms with Crippen molar-refractivity contribution < 1.29 is 9.15 Å². The number of aliphatic imine (C=N–C) groups is 1.